The number of hydrogen-bond acceptors (Lipinski definition) is 8. The number of nitrogens with zero attached hydrogens (tertiary/aromatic N) is 1. The van der Waals surface area contributed by atoms with Crippen molar-refractivity contribution in [3.05, 3.63) is 18.2 Å². The third kappa shape index (κ3) is 4.76. The Morgan fingerprint density at radius 3 is 2.56 bits per heavy atom. The number of anilines is 1. The largest absolute Gasteiger partial charge is 0.495 e. The second-order valence-electron chi connectivity index (χ2n) is 6.16. The number of sulfone groups is 1. The Labute approximate surface area is 158 Å². The van der Waals surface area contributed by atoms with Gasteiger partial charge in [-0.2, -0.15) is 4.31 Å². The van der Waals surface area contributed by atoms with E-state index in [4.69, 9.17) is 10.5 Å². The summed E-state index contributed by atoms with van der Waals surface area (Å²) in [5.41, 5.74) is 5.76. The molecule has 10 nitrogen and oxygen atoms in total. The quantitative estimate of drug-likeness (QED) is 0.494. The first kappa shape index (κ1) is 21.6. The van der Waals surface area contributed by atoms with Gasteiger partial charge in [0.05, 0.1) is 30.8 Å². The molecule has 0 aliphatic carbocycles. The minimum atomic E-state index is -4.28. The van der Waals surface area contributed by atoms with E-state index in [9.17, 15) is 26.7 Å². The number of hydrogen-bond donors (Lipinski definition) is 3. The van der Waals surface area contributed by atoms with Gasteiger partial charge in [0.25, 0.3) is 0 Å². The van der Waals surface area contributed by atoms with E-state index in [1.54, 1.807) is 0 Å². The van der Waals surface area contributed by atoms with Crippen molar-refractivity contribution in [3.8, 4) is 5.75 Å². The zero-order valence-corrected chi connectivity index (χ0v) is 16.6. The lowest BCUT2D eigenvalue weighted by atomic mass is 10.2. The number of nitrogens with one attached hydrogen (secondary N) is 1. The number of nitrogens with two attached hydrogens (primary N) is 1. The summed E-state index contributed by atoms with van der Waals surface area (Å²) >= 11 is 0. The number of carbonyl (C=O) groups excluding carboxylic acids is 1. The molecule has 0 radical (unpaired) electrons. The molecule has 2 rings (SSSR count). The number of aliphatic hydroxyl groups excluding tert-OH is 1. The van der Waals surface area contributed by atoms with Crippen LogP contribution in [0.1, 0.15) is 6.92 Å². The molecule has 1 amide bonds. The molecule has 1 aromatic rings. The molecule has 1 aromatic carbocycles. The Morgan fingerprint density at radius 1 is 1.41 bits per heavy atom. The summed E-state index contributed by atoms with van der Waals surface area (Å²) in [6.45, 7) is 1.02. The number of ether oxygens (including phenoxy) is 1. The van der Waals surface area contributed by atoms with Gasteiger partial charge in [0.15, 0.2) is 9.84 Å². The van der Waals surface area contributed by atoms with Crippen LogP contribution < -0.4 is 15.8 Å². The molecule has 1 aliphatic rings. The second kappa shape index (κ2) is 8.10. The molecule has 152 valence electrons. The summed E-state index contributed by atoms with van der Waals surface area (Å²) in [5.74, 6) is -1.39. The van der Waals surface area contributed by atoms with Gasteiger partial charge in [0.1, 0.15) is 10.6 Å². The minimum absolute atomic E-state index is 0.0152. The molecule has 1 aliphatic heterocycles. The van der Waals surface area contributed by atoms with Gasteiger partial charge in [-0.3, -0.25) is 4.79 Å². The summed E-state index contributed by atoms with van der Waals surface area (Å²) in [6.07, 6.45) is -1.36. The van der Waals surface area contributed by atoms with Gasteiger partial charge in [-0.15, -0.1) is 0 Å². The second-order valence-corrected chi connectivity index (χ2v) is 10.2. The Hall–Kier alpha value is -1.73. The number of carbonyl (C=O) groups is 1. The van der Waals surface area contributed by atoms with Gasteiger partial charge in [0.2, 0.25) is 15.9 Å². The average Bonchev–Trinajstić information content (AvgIpc) is 2.84. The van der Waals surface area contributed by atoms with Crippen LogP contribution in [-0.4, -0.2) is 76.0 Å². The van der Waals surface area contributed by atoms with Crippen LogP contribution in [0.2, 0.25) is 0 Å². The van der Waals surface area contributed by atoms with E-state index in [-0.39, 0.29) is 35.3 Å². The first-order chi connectivity index (χ1) is 12.5. The molecule has 0 bridgehead atoms. The maximum absolute atomic E-state index is 13.3. The van der Waals surface area contributed by atoms with Crippen molar-refractivity contribution in [2.75, 3.05) is 37.0 Å². The van der Waals surface area contributed by atoms with E-state index in [1.807, 2.05) is 0 Å². The van der Waals surface area contributed by atoms with Gasteiger partial charge < -0.3 is 20.9 Å². The van der Waals surface area contributed by atoms with Crippen LogP contribution >= 0.6 is 0 Å². The molecule has 0 saturated carbocycles. The molecule has 27 heavy (non-hydrogen) atoms. The van der Waals surface area contributed by atoms with Crippen LogP contribution in [-0.2, 0) is 24.7 Å². The number of sulfonamides is 1. The maximum atomic E-state index is 13.3. The van der Waals surface area contributed by atoms with Crippen molar-refractivity contribution in [1.82, 2.24) is 4.31 Å². The van der Waals surface area contributed by atoms with Crippen LogP contribution in [0.15, 0.2) is 23.1 Å². The molecule has 2 atom stereocenters. The fourth-order valence-electron chi connectivity index (χ4n) is 2.96. The molecule has 12 heteroatoms. The predicted molar refractivity (Wildman–Crippen MR) is 98.7 cm³/mol. The number of benzene rings is 1. The lowest BCUT2D eigenvalue weighted by molar-refractivity contribution is -0.114. The van der Waals surface area contributed by atoms with Gasteiger partial charge in [-0.25, -0.2) is 16.8 Å². The van der Waals surface area contributed by atoms with E-state index >= 15 is 0 Å². The highest BCUT2D eigenvalue weighted by Gasteiger charge is 2.45. The van der Waals surface area contributed by atoms with Gasteiger partial charge >= 0.3 is 0 Å². The zero-order valence-electron chi connectivity index (χ0n) is 15.0. The van der Waals surface area contributed by atoms with Crippen molar-refractivity contribution in [2.45, 2.75) is 24.0 Å². The molecule has 0 aromatic heterocycles. The van der Waals surface area contributed by atoms with Crippen molar-refractivity contribution in [3.63, 3.8) is 0 Å². The molecule has 1 heterocycles. The van der Waals surface area contributed by atoms with Crippen molar-refractivity contribution in [1.29, 1.82) is 0 Å². The van der Waals surface area contributed by atoms with Gasteiger partial charge in [0, 0.05) is 25.7 Å². The van der Waals surface area contributed by atoms with Gasteiger partial charge in [-0.1, -0.05) is 0 Å². The summed E-state index contributed by atoms with van der Waals surface area (Å²) in [7, 11) is -6.57. The number of methoxy groups -OCH3 is 1. The van der Waals surface area contributed by atoms with Crippen LogP contribution in [0.25, 0.3) is 0 Å². The molecule has 4 N–H and O–H groups in total. The number of amides is 1. The standard InChI is InChI=1S/C15H23N3O7S2/c1-10(19)17-11-3-4-14(25-2)15(7-11)27(23,24)18(6-5-16)12-8-26(21,22)9-13(12)20/h3-4,7,12-13,20H,5-6,8-9,16H2,1-2H3,(H,17,19)/t12-,13+/m1/s1. The third-order valence-electron chi connectivity index (χ3n) is 4.08. The van der Waals surface area contributed by atoms with Crippen LogP contribution in [0.3, 0.4) is 0 Å². The normalized spacial score (nSPS) is 22.0. The average molecular weight is 421 g/mol. The monoisotopic (exact) mass is 421 g/mol. The van der Waals surface area contributed by atoms with E-state index in [1.165, 1.54) is 32.2 Å². The molecular weight excluding hydrogens is 398 g/mol. The predicted octanol–water partition coefficient (Wildman–Crippen LogP) is -1.24. The fourth-order valence-corrected chi connectivity index (χ4v) is 6.71. The van der Waals surface area contributed by atoms with E-state index in [0.29, 0.717) is 0 Å². The van der Waals surface area contributed by atoms with Crippen molar-refractivity contribution >= 4 is 31.5 Å². The number of rotatable bonds is 7. The lowest BCUT2D eigenvalue weighted by Crippen LogP contribution is -2.48. The highest BCUT2D eigenvalue weighted by atomic mass is 32.2. The van der Waals surface area contributed by atoms with E-state index in [0.717, 1.165) is 4.31 Å². The van der Waals surface area contributed by atoms with Crippen molar-refractivity contribution < 1.29 is 31.5 Å². The van der Waals surface area contributed by atoms with E-state index in [2.05, 4.69) is 5.32 Å². The molecule has 0 spiro atoms. The smallest absolute Gasteiger partial charge is 0.247 e. The van der Waals surface area contributed by atoms with Crippen LogP contribution in [0, 0.1) is 0 Å². The Morgan fingerprint density at radius 2 is 2.07 bits per heavy atom. The molecule has 1 fully saturated rings. The van der Waals surface area contributed by atoms with Crippen LogP contribution in [0.4, 0.5) is 5.69 Å². The SMILES string of the molecule is COc1ccc(NC(C)=O)cc1S(=O)(=O)N(CCN)[C@@H]1CS(=O)(=O)C[C@@H]1O. The third-order valence-corrected chi connectivity index (χ3v) is 7.73. The van der Waals surface area contributed by atoms with Crippen LogP contribution in [0.5, 0.6) is 5.75 Å². The summed E-state index contributed by atoms with van der Waals surface area (Å²) in [6, 6.07) is 2.91. The van der Waals surface area contributed by atoms with Gasteiger partial charge in [-0.05, 0) is 18.2 Å². The fraction of sp³-hybridized carbons (Fsp3) is 0.533. The Balaban J connectivity index is 2.54. The summed E-state index contributed by atoms with van der Waals surface area (Å²) in [4.78, 5) is 11.0. The lowest BCUT2D eigenvalue weighted by Gasteiger charge is -2.29. The summed E-state index contributed by atoms with van der Waals surface area (Å²) in [5, 5.41) is 12.6. The maximum Gasteiger partial charge on any atom is 0.247 e. The minimum Gasteiger partial charge on any atom is -0.495 e. The Kier molecular flexibility index (Phi) is 6.47. The Bertz CT molecular complexity index is 915. The summed E-state index contributed by atoms with van der Waals surface area (Å²) < 4.78 is 56.2. The zero-order chi connectivity index (χ0) is 20.4. The number of aliphatic hydroxyl groups is 1. The first-order valence-electron chi connectivity index (χ1n) is 8.08. The topological polar surface area (TPSA) is 156 Å². The van der Waals surface area contributed by atoms with E-state index < -0.39 is 43.5 Å². The molecule has 1 saturated heterocycles. The van der Waals surface area contributed by atoms with Crippen molar-refractivity contribution in [2.24, 2.45) is 5.73 Å². The molecule has 0 unspecified atom stereocenters. The highest BCUT2D eigenvalue weighted by Crippen LogP contribution is 2.32. The highest BCUT2D eigenvalue weighted by molar-refractivity contribution is 7.92. The first-order valence-corrected chi connectivity index (χ1v) is 11.3. The molecular formula is C15H23N3O7S2.